The predicted octanol–water partition coefficient (Wildman–Crippen LogP) is 3.51. The van der Waals surface area contributed by atoms with Crippen LogP contribution >= 0.6 is 0 Å². The summed E-state index contributed by atoms with van der Waals surface area (Å²) < 4.78 is 24.8. The zero-order valence-electron chi connectivity index (χ0n) is 12.0. The summed E-state index contributed by atoms with van der Waals surface area (Å²) >= 11 is -1.65. The van der Waals surface area contributed by atoms with E-state index in [-0.39, 0.29) is 5.75 Å². The van der Waals surface area contributed by atoms with Crippen molar-refractivity contribution < 1.29 is 18.6 Å². The average Bonchev–Trinajstić information content (AvgIpc) is 2.41. The molecule has 0 saturated carbocycles. The van der Waals surface area contributed by atoms with Crippen LogP contribution in [-0.4, -0.2) is 26.2 Å². The third-order valence-electron chi connectivity index (χ3n) is 3.15. The standard InChI is InChI=1S/C15H24O4S/c1-2-13-8-9-14(16)12-15(13)19-10-6-4-3-5-7-11-20(17)18/h8-9,12,16H,2-7,10-11H2,1H3,(H,17,18). The van der Waals surface area contributed by atoms with Crippen molar-refractivity contribution in [2.75, 3.05) is 12.4 Å². The fourth-order valence-electron chi connectivity index (χ4n) is 2.01. The SMILES string of the molecule is CCc1ccc(O)cc1OCCCCCCCS(=O)O. The molecular weight excluding hydrogens is 276 g/mol. The molecule has 0 aromatic heterocycles. The number of hydrogen-bond acceptors (Lipinski definition) is 3. The fourth-order valence-corrected chi connectivity index (χ4v) is 2.46. The van der Waals surface area contributed by atoms with E-state index in [2.05, 4.69) is 6.92 Å². The van der Waals surface area contributed by atoms with Gasteiger partial charge in [0.1, 0.15) is 11.5 Å². The van der Waals surface area contributed by atoms with Gasteiger partial charge in [-0.1, -0.05) is 32.3 Å². The Hall–Kier alpha value is -1.07. The molecule has 1 unspecified atom stereocenters. The van der Waals surface area contributed by atoms with Crippen molar-refractivity contribution in [2.45, 2.75) is 45.4 Å². The highest BCUT2D eigenvalue weighted by molar-refractivity contribution is 7.79. The van der Waals surface area contributed by atoms with Crippen LogP contribution in [0.15, 0.2) is 18.2 Å². The maximum atomic E-state index is 10.4. The summed E-state index contributed by atoms with van der Waals surface area (Å²) in [6.07, 6.45) is 5.74. The number of phenols is 1. The molecule has 1 rings (SSSR count). The normalized spacial score (nSPS) is 12.3. The van der Waals surface area contributed by atoms with Crippen molar-refractivity contribution >= 4 is 11.1 Å². The van der Waals surface area contributed by atoms with Gasteiger partial charge in [-0.3, -0.25) is 0 Å². The lowest BCUT2D eigenvalue weighted by atomic mass is 10.1. The highest BCUT2D eigenvalue weighted by Gasteiger charge is 2.03. The van der Waals surface area contributed by atoms with Crippen molar-refractivity contribution in [3.05, 3.63) is 23.8 Å². The van der Waals surface area contributed by atoms with Crippen LogP contribution in [0.4, 0.5) is 0 Å². The van der Waals surface area contributed by atoms with Crippen LogP contribution in [0, 0.1) is 0 Å². The van der Waals surface area contributed by atoms with Crippen molar-refractivity contribution in [3.63, 3.8) is 0 Å². The van der Waals surface area contributed by atoms with Crippen molar-refractivity contribution in [2.24, 2.45) is 0 Å². The number of benzene rings is 1. The molecule has 0 heterocycles. The van der Waals surface area contributed by atoms with E-state index >= 15 is 0 Å². The van der Waals surface area contributed by atoms with Crippen LogP contribution in [0.3, 0.4) is 0 Å². The first-order valence-corrected chi connectivity index (χ1v) is 8.43. The highest BCUT2D eigenvalue weighted by Crippen LogP contribution is 2.24. The minimum absolute atomic E-state index is 0.231. The quantitative estimate of drug-likeness (QED) is 0.512. The van der Waals surface area contributed by atoms with Crippen molar-refractivity contribution in [1.82, 2.24) is 0 Å². The summed E-state index contributed by atoms with van der Waals surface area (Å²) in [5, 5.41) is 9.45. The maximum Gasteiger partial charge on any atom is 0.152 e. The smallest absolute Gasteiger partial charge is 0.152 e. The third kappa shape index (κ3) is 6.91. The van der Waals surface area contributed by atoms with Gasteiger partial charge < -0.3 is 14.4 Å². The zero-order valence-corrected chi connectivity index (χ0v) is 12.8. The molecule has 0 saturated heterocycles. The van der Waals surface area contributed by atoms with Crippen LogP contribution in [0.25, 0.3) is 0 Å². The van der Waals surface area contributed by atoms with Gasteiger partial charge in [0.05, 0.1) is 6.61 Å². The lowest BCUT2D eigenvalue weighted by molar-refractivity contribution is 0.300. The Kier molecular flexibility index (Phi) is 8.30. The van der Waals surface area contributed by atoms with Crippen LogP contribution < -0.4 is 4.74 Å². The van der Waals surface area contributed by atoms with Gasteiger partial charge in [0.2, 0.25) is 0 Å². The minimum atomic E-state index is -1.65. The second kappa shape index (κ2) is 9.77. The largest absolute Gasteiger partial charge is 0.508 e. The number of aryl methyl sites for hydroxylation is 1. The summed E-state index contributed by atoms with van der Waals surface area (Å²) in [5.41, 5.74) is 1.10. The minimum Gasteiger partial charge on any atom is -0.508 e. The van der Waals surface area contributed by atoms with E-state index in [4.69, 9.17) is 9.29 Å². The topological polar surface area (TPSA) is 66.8 Å². The molecule has 0 amide bonds. The monoisotopic (exact) mass is 300 g/mol. The Labute approximate surface area is 123 Å². The average molecular weight is 300 g/mol. The summed E-state index contributed by atoms with van der Waals surface area (Å²) in [6.45, 7) is 2.70. The van der Waals surface area contributed by atoms with Gasteiger partial charge in [-0.05, 0) is 30.9 Å². The summed E-state index contributed by atoms with van der Waals surface area (Å²) in [7, 11) is 0. The molecule has 0 fully saturated rings. The third-order valence-corrected chi connectivity index (χ3v) is 3.79. The molecule has 0 aliphatic heterocycles. The maximum absolute atomic E-state index is 10.4. The lowest BCUT2D eigenvalue weighted by Crippen LogP contribution is -2.00. The van der Waals surface area contributed by atoms with E-state index in [9.17, 15) is 9.32 Å². The number of phenolic OH excluding ortho intramolecular Hbond substituents is 1. The number of aromatic hydroxyl groups is 1. The summed E-state index contributed by atoms with van der Waals surface area (Å²) in [6, 6.07) is 5.23. The first-order valence-electron chi connectivity index (χ1n) is 7.15. The molecule has 0 spiro atoms. The molecule has 114 valence electrons. The zero-order chi connectivity index (χ0) is 14.8. The van der Waals surface area contributed by atoms with Gasteiger partial charge in [-0.15, -0.1) is 0 Å². The molecule has 0 bridgehead atoms. The molecule has 20 heavy (non-hydrogen) atoms. The first kappa shape index (κ1) is 17.0. The highest BCUT2D eigenvalue weighted by atomic mass is 32.2. The Bertz CT molecular complexity index is 420. The van der Waals surface area contributed by atoms with E-state index in [0.717, 1.165) is 49.8 Å². The molecule has 5 heteroatoms. The summed E-state index contributed by atoms with van der Waals surface area (Å²) in [4.78, 5) is 0. The van der Waals surface area contributed by atoms with E-state index < -0.39 is 11.1 Å². The Morgan fingerprint density at radius 1 is 1.15 bits per heavy atom. The van der Waals surface area contributed by atoms with E-state index in [1.54, 1.807) is 12.1 Å². The summed E-state index contributed by atoms with van der Waals surface area (Å²) in [5.74, 6) is 1.37. The molecule has 0 radical (unpaired) electrons. The molecule has 0 aliphatic carbocycles. The van der Waals surface area contributed by atoms with Crippen LogP contribution in [0.2, 0.25) is 0 Å². The number of unbranched alkanes of at least 4 members (excludes halogenated alkanes) is 4. The van der Waals surface area contributed by atoms with Crippen LogP contribution in [0.5, 0.6) is 11.5 Å². The van der Waals surface area contributed by atoms with E-state index in [0.29, 0.717) is 12.4 Å². The van der Waals surface area contributed by atoms with Crippen molar-refractivity contribution in [1.29, 1.82) is 0 Å². The predicted molar refractivity (Wildman–Crippen MR) is 81.7 cm³/mol. The number of ether oxygens (including phenoxy) is 1. The van der Waals surface area contributed by atoms with E-state index in [1.165, 1.54) is 0 Å². The van der Waals surface area contributed by atoms with Gasteiger partial charge in [0.25, 0.3) is 0 Å². The first-order chi connectivity index (χ1) is 9.63. The Morgan fingerprint density at radius 3 is 2.55 bits per heavy atom. The number of hydrogen-bond donors (Lipinski definition) is 2. The molecule has 1 aromatic rings. The van der Waals surface area contributed by atoms with E-state index in [1.807, 2.05) is 6.07 Å². The van der Waals surface area contributed by atoms with Gasteiger partial charge in [-0.2, -0.15) is 0 Å². The van der Waals surface area contributed by atoms with Gasteiger partial charge in [0, 0.05) is 11.8 Å². The Balaban J connectivity index is 2.15. The number of rotatable bonds is 10. The molecular formula is C15H24O4S. The molecule has 1 aromatic carbocycles. The molecule has 4 nitrogen and oxygen atoms in total. The second-order valence-electron chi connectivity index (χ2n) is 4.79. The fraction of sp³-hybridized carbons (Fsp3) is 0.600. The van der Waals surface area contributed by atoms with Gasteiger partial charge in [0.15, 0.2) is 11.1 Å². The Morgan fingerprint density at radius 2 is 1.85 bits per heavy atom. The molecule has 1 atom stereocenters. The van der Waals surface area contributed by atoms with Gasteiger partial charge >= 0.3 is 0 Å². The lowest BCUT2D eigenvalue weighted by Gasteiger charge is -2.10. The van der Waals surface area contributed by atoms with Crippen LogP contribution in [-0.2, 0) is 17.5 Å². The van der Waals surface area contributed by atoms with Crippen LogP contribution in [0.1, 0.15) is 44.6 Å². The van der Waals surface area contributed by atoms with Crippen molar-refractivity contribution in [3.8, 4) is 11.5 Å². The molecule has 2 N–H and O–H groups in total. The molecule has 0 aliphatic rings. The van der Waals surface area contributed by atoms with Gasteiger partial charge in [-0.25, -0.2) is 4.21 Å². The second-order valence-corrected chi connectivity index (χ2v) is 5.84.